The Morgan fingerprint density at radius 2 is 2.26 bits per heavy atom. The van der Waals surface area contributed by atoms with Crippen LogP contribution in [0.25, 0.3) is 0 Å². The van der Waals surface area contributed by atoms with E-state index in [1.54, 1.807) is 6.20 Å². The Labute approximate surface area is 143 Å². The van der Waals surface area contributed by atoms with E-state index in [4.69, 9.17) is 4.74 Å². The quantitative estimate of drug-likeness (QED) is 0.777. The molecule has 6 heteroatoms. The molecule has 0 aliphatic carbocycles. The first-order chi connectivity index (χ1) is 11.1. The summed E-state index contributed by atoms with van der Waals surface area (Å²) < 4.78 is 5.92. The van der Waals surface area contributed by atoms with Crippen LogP contribution in [0, 0.1) is 0 Å². The van der Waals surface area contributed by atoms with Crippen LogP contribution < -0.4 is 5.32 Å². The fourth-order valence-corrected chi connectivity index (χ4v) is 3.18. The number of carbonyl (C=O) groups is 1. The zero-order valence-electron chi connectivity index (χ0n) is 14.0. The highest BCUT2D eigenvalue weighted by Gasteiger charge is 2.22. The summed E-state index contributed by atoms with van der Waals surface area (Å²) in [6.07, 6.45) is 5.62. The van der Waals surface area contributed by atoms with Gasteiger partial charge in [0.05, 0.1) is 12.7 Å². The molecule has 0 bridgehead atoms. The van der Waals surface area contributed by atoms with Crippen LogP contribution in [-0.2, 0) is 11.3 Å². The third kappa shape index (κ3) is 6.79. The summed E-state index contributed by atoms with van der Waals surface area (Å²) in [5.74, 6) is 0.966. The molecule has 0 unspecified atom stereocenters. The van der Waals surface area contributed by atoms with Gasteiger partial charge < -0.3 is 15.0 Å². The van der Waals surface area contributed by atoms with E-state index >= 15 is 0 Å². The molecular formula is C17H27N3O2S. The van der Waals surface area contributed by atoms with Crippen LogP contribution in [0.1, 0.15) is 32.3 Å². The summed E-state index contributed by atoms with van der Waals surface area (Å²) in [6.45, 7) is 7.20. The highest BCUT2D eigenvalue weighted by atomic mass is 32.2. The van der Waals surface area contributed by atoms with Gasteiger partial charge in [0.15, 0.2) is 0 Å². The minimum atomic E-state index is 0.0556. The molecule has 0 radical (unpaired) electrons. The highest BCUT2D eigenvalue weighted by Crippen LogP contribution is 2.15. The van der Waals surface area contributed by atoms with Crippen LogP contribution in [0.15, 0.2) is 24.5 Å². The molecule has 1 aliphatic heterocycles. The lowest BCUT2D eigenvalue weighted by Gasteiger charge is -2.32. The van der Waals surface area contributed by atoms with Crippen molar-refractivity contribution in [2.45, 2.75) is 44.6 Å². The predicted octanol–water partition coefficient (Wildman–Crippen LogP) is 2.91. The topological polar surface area (TPSA) is 54.5 Å². The van der Waals surface area contributed by atoms with Crippen molar-refractivity contribution in [1.82, 2.24) is 15.2 Å². The maximum Gasteiger partial charge on any atom is 0.317 e. The smallest absolute Gasteiger partial charge is 0.317 e. The molecule has 1 aromatic heterocycles. The third-order valence-electron chi connectivity index (χ3n) is 3.77. The molecule has 0 atom stereocenters. The largest absolute Gasteiger partial charge is 0.373 e. The van der Waals surface area contributed by atoms with Crippen LogP contribution in [0.4, 0.5) is 4.79 Å². The van der Waals surface area contributed by atoms with Crippen molar-refractivity contribution in [2.24, 2.45) is 0 Å². The number of thioether (sulfide) groups is 1. The van der Waals surface area contributed by atoms with Crippen molar-refractivity contribution in [2.75, 3.05) is 25.4 Å². The van der Waals surface area contributed by atoms with Gasteiger partial charge in [0.2, 0.25) is 0 Å². The molecule has 128 valence electrons. The highest BCUT2D eigenvalue weighted by molar-refractivity contribution is 7.99. The first-order valence-corrected chi connectivity index (χ1v) is 9.35. The number of hydrogen-bond acceptors (Lipinski definition) is 4. The van der Waals surface area contributed by atoms with Crippen molar-refractivity contribution >= 4 is 17.8 Å². The van der Waals surface area contributed by atoms with Gasteiger partial charge in [-0.05, 0) is 29.7 Å². The standard InChI is InChI=1S/C17H27N3O2S/c1-14(2)23-11-8-19-17(21)20-9-5-16(6-10-20)22-13-15-4-3-7-18-12-15/h3-4,7,12,14,16H,5-6,8-11,13H2,1-2H3,(H,19,21). The predicted molar refractivity (Wildman–Crippen MR) is 94.6 cm³/mol. The second-order valence-corrected chi connectivity index (χ2v) is 7.69. The zero-order valence-corrected chi connectivity index (χ0v) is 14.8. The summed E-state index contributed by atoms with van der Waals surface area (Å²) >= 11 is 1.87. The monoisotopic (exact) mass is 337 g/mol. The molecule has 1 aromatic rings. The second-order valence-electron chi connectivity index (χ2n) is 6.01. The summed E-state index contributed by atoms with van der Waals surface area (Å²) in [5, 5.41) is 3.61. The number of aromatic nitrogens is 1. The first kappa shape index (κ1) is 18.1. The Bertz CT molecular complexity index is 462. The summed E-state index contributed by atoms with van der Waals surface area (Å²) in [7, 11) is 0. The molecule has 2 amide bonds. The lowest BCUT2D eigenvalue weighted by molar-refractivity contribution is 0.00441. The number of amides is 2. The van der Waals surface area contributed by atoms with Crippen LogP contribution in [-0.4, -0.2) is 52.7 Å². The summed E-state index contributed by atoms with van der Waals surface area (Å²) in [5.41, 5.74) is 1.09. The fourth-order valence-electron chi connectivity index (χ4n) is 2.49. The van der Waals surface area contributed by atoms with E-state index in [1.807, 2.05) is 35.0 Å². The number of piperidine rings is 1. The van der Waals surface area contributed by atoms with E-state index in [2.05, 4.69) is 24.1 Å². The van der Waals surface area contributed by atoms with E-state index in [1.165, 1.54) is 0 Å². The Hall–Kier alpha value is -1.27. The Morgan fingerprint density at radius 1 is 1.48 bits per heavy atom. The first-order valence-electron chi connectivity index (χ1n) is 8.30. The van der Waals surface area contributed by atoms with Crippen LogP contribution >= 0.6 is 11.8 Å². The lowest BCUT2D eigenvalue weighted by atomic mass is 10.1. The molecule has 1 saturated heterocycles. The van der Waals surface area contributed by atoms with E-state index in [9.17, 15) is 4.79 Å². The molecule has 1 aliphatic rings. The van der Waals surface area contributed by atoms with Crippen LogP contribution in [0.3, 0.4) is 0 Å². The minimum Gasteiger partial charge on any atom is -0.373 e. The summed E-state index contributed by atoms with van der Waals surface area (Å²) in [4.78, 5) is 18.1. The summed E-state index contributed by atoms with van der Waals surface area (Å²) in [6, 6.07) is 3.99. The molecule has 5 nitrogen and oxygen atoms in total. The normalized spacial score (nSPS) is 15.9. The molecule has 0 spiro atoms. The van der Waals surface area contributed by atoms with Crippen molar-refractivity contribution in [3.63, 3.8) is 0 Å². The molecule has 1 N–H and O–H groups in total. The van der Waals surface area contributed by atoms with Crippen LogP contribution in [0.2, 0.25) is 0 Å². The van der Waals surface area contributed by atoms with Gasteiger partial charge in [-0.3, -0.25) is 4.98 Å². The number of nitrogens with one attached hydrogen (secondary N) is 1. The van der Waals surface area contributed by atoms with Gasteiger partial charge in [-0.1, -0.05) is 19.9 Å². The molecule has 2 heterocycles. The van der Waals surface area contributed by atoms with E-state index in [-0.39, 0.29) is 12.1 Å². The van der Waals surface area contributed by atoms with Crippen molar-refractivity contribution < 1.29 is 9.53 Å². The van der Waals surface area contributed by atoms with E-state index < -0.39 is 0 Å². The zero-order chi connectivity index (χ0) is 16.5. The lowest BCUT2D eigenvalue weighted by Crippen LogP contribution is -2.46. The number of pyridine rings is 1. The Morgan fingerprint density at radius 3 is 2.91 bits per heavy atom. The number of ether oxygens (including phenoxy) is 1. The maximum absolute atomic E-state index is 12.1. The minimum absolute atomic E-state index is 0.0556. The Balaban J connectivity index is 1.60. The van der Waals surface area contributed by atoms with Gasteiger partial charge in [-0.2, -0.15) is 11.8 Å². The number of urea groups is 1. The van der Waals surface area contributed by atoms with Gasteiger partial charge in [0, 0.05) is 37.8 Å². The van der Waals surface area contributed by atoms with E-state index in [0.717, 1.165) is 43.8 Å². The molecule has 1 fully saturated rings. The van der Waals surface area contributed by atoms with Gasteiger partial charge in [0.25, 0.3) is 0 Å². The Kier molecular flexibility index (Phi) is 7.68. The van der Waals surface area contributed by atoms with Gasteiger partial charge in [0.1, 0.15) is 0 Å². The third-order valence-corrected chi connectivity index (χ3v) is 4.87. The number of likely N-dealkylation sites (tertiary alicyclic amines) is 1. The molecule has 0 saturated carbocycles. The SMILES string of the molecule is CC(C)SCCNC(=O)N1CCC(OCc2cccnc2)CC1. The van der Waals surface area contributed by atoms with Crippen LogP contribution in [0.5, 0.6) is 0 Å². The average molecular weight is 337 g/mol. The van der Waals surface area contributed by atoms with Crippen molar-refractivity contribution in [1.29, 1.82) is 0 Å². The molecule has 0 aromatic carbocycles. The van der Waals surface area contributed by atoms with Crippen molar-refractivity contribution in [3.05, 3.63) is 30.1 Å². The molecule has 23 heavy (non-hydrogen) atoms. The van der Waals surface area contributed by atoms with Gasteiger partial charge in [-0.25, -0.2) is 4.79 Å². The van der Waals surface area contributed by atoms with Crippen molar-refractivity contribution in [3.8, 4) is 0 Å². The molecular weight excluding hydrogens is 310 g/mol. The number of hydrogen-bond donors (Lipinski definition) is 1. The number of carbonyl (C=O) groups excluding carboxylic acids is 1. The number of nitrogens with zero attached hydrogens (tertiary/aromatic N) is 2. The fraction of sp³-hybridized carbons (Fsp3) is 0.647. The maximum atomic E-state index is 12.1. The van der Waals surface area contributed by atoms with Gasteiger partial charge >= 0.3 is 6.03 Å². The van der Waals surface area contributed by atoms with E-state index in [0.29, 0.717) is 11.9 Å². The number of rotatable bonds is 7. The second kappa shape index (κ2) is 9.78. The average Bonchev–Trinajstić information content (AvgIpc) is 2.58. The van der Waals surface area contributed by atoms with Gasteiger partial charge in [-0.15, -0.1) is 0 Å². The molecule has 2 rings (SSSR count).